The van der Waals surface area contributed by atoms with Crippen molar-refractivity contribution in [3.05, 3.63) is 59.7 Å². The summed E-state index contributed by atoms with van der Waals surface area (Å²) in [5, 5.41) is 17.6. The van der Waals surface area contributed by atoms with Crippen LogP contribution in [0.15, 0.2) is 48.5 Å². The Morgan fingerprint density at radius 1 is 0.500 bits per heavy atom. The molecule has 0 aliphatic heterocycles. The molecular weight excluding hydrogens is 428 g/mol. The Hall–Kier alpha value is -2.37. The quantitative estimate of drug-likeness (QED) is 0.174. The van der Waals surface area contributed by atoms with Gasteiger partial charge in [-0.05, 0) is 74.2 Å². The van der Waals surface area contributed by atoms with E-state index in [0.717, 1.165) is 75.7 Å². The van der Waals surface area contributed by atoms with Crippen LogP contribution in [0.1, 0.15) is 93.0 Å². The zero-order valence-electron chi connectivity index (χ0n) is 20.6. The fourth-order valence-corrected chi connectivity index (χ4v) is 3.79. The lowest BCUT2D eigenvalue weighted by molar-refractivity contribution is 0.103. The molecule has 0 aliphatic carbocycles. The fraction of sp³-hybridized carbons (Fsp3) is 0.552. The minimum Gasteiger partial charge on any atom is -0.494 e. The van der Waals surface area contributed by atoms with Crippen LogP contribution < -0.4 is 9.47 Å². The molecule has 0 saturated heterocycles. The van der Waals surface area contributed by atoms with E-state index >= 15 is 0 Å². The lowest BCUT2D eigenvalue weighted by atomic mass is 10.0. The maximum absolute atomic E-state index is 12.8. The number of aliphatic hydroxyl groups excluding tert-OH is 2. The molecule has 5 nitrogen and oxygen atoms in total. The van der Waals surface area contributed by atoms with Crippen molar-refractivity contribution < 1.29 is 24.5 Å². The molecule has 188 valence electrons. The van der Waals surface area contributed by atoms with Gasteiger partial charge in [0, 0.05) is 24.3 Å². The van der Waals surface area contributed by atoms with Gasteiger partial charge in [-0.15, -0.1) is 0 Å². The van der Waals surface area contributed by atoms with Gasteiger partial charge in [0.1, 0.15) is 11.5 Å². The minimum absolute atomic E-state index is 0.0103. The molecule has 5 heteroatoms. The van der Waals surface area contributed by atoms with Crippen LogP contribution in [0.2, 0.25) is 0 Å². The van der Waals surface area contributed by atoms with Gasteiger partial charge in [-0.3, -0.25) is 4.79 Å². The number of hydrogen-bond donors (Lipinski definition) is 2. The van der Waals surface area contributed by atoms with Crippen molar-refractivity contribution in [2.45, 2.75) is 77.0 Å². The van der Waals surface area contributed by atoms with Gasteiger partial charge in [-0.2, -0.15) is 0 Å². The molecule has 0 heterocycles. The molecular formula is C29H42O5. The number of rotatable bonds is 20. The standard InChI is InChI=1S/C29H42O5/c30-21-9-5-1-3-7-11-23-33-27-17-13-25(14-18-27)29(32)26-15-19-28(20-16-26)34-24-12-8-4-2-6-10-22-31/h13-20,30-31H,1-12,21-24H2. The van der Waals surface area contributed by atoms with Crippen LogP contribution in [0.4, 0.5) is 0 Å². The highest BCUT2D eigenvalue weighted by atomic mass is 16.5. The summed E-state index contributed by atoms with van der Waals surface area (Å²) in [7, 11) is 0. The molecule has 0 atom stereocenters. The van der Waals surface area contributed by atoms with Gasteiger partial charge in [0.25, 0.3) is 0 Å². The molecule has 0 radical (unpaired) electrons. The number of unbranched alkanes of at least 4 members (excludes halogenated alkanes) is 10. The largest absolute Gasteiger partial charge is 0.494 e. The van der Waals surface area contributed by atoms with Crippen molar-refractivity contribution in [2.24, 2.45) is 0 Å². The molecule has 0 aliphatic rings. The minimum atomic E-state index is -0.0103. The van der Waals surface area contributed by atoms with Gasteiger partial charge in [0.15, 0.2) is 5.78 Å². The Bertz CT molecular complexity index is 705. The van der Waals surface area contributed by atoms with Gasteiger partial charge in [0.05, 0.1) is 13.2 Å². The molecule has 0 spiro atoms. The van der Waals surface area contributed by atoms with Crippen molar-refractivity contribution in [3.63, 3.8) is 0 Å². The summed E-state index contributed by atoms with van der Waals surface area (Å²) in [5.74, 6) is 1.56. The second-order valence-corrected chi connectivity index (χ2v) is 8.76. The number of aliphatic hydroxyl groups is 2. The predicted octanol–water partition coefficient (Wildman–Crippen LogP) is 6.34. The van der Waals surface area contributed by atoms with E-state index in [1.54, 1.807) is 0 Å². The Labute approximate surface area is 205 Å². The fourth-order valence-electron chi connectivity index (χ4n) is 3.79. The lowest BCUT2D eigenvalue weighted by Gasteiger charge is -2.08. The van der Waals surface area contributed by atoms with E-state index in [9.17, 15) is 4.79 Å². The summed E-state index contributed by atoms with van der Waals surface area (Å²) < 4.78 is 11.6. The van der Waals surface area contributed by atoms with Crippen LogP contribution in [0.3, 0.4) is 0 Å². The average molecular weight is 471 g/mol. The lowest BCUT2D eigenvalue weighted by Crippen LogP contribution is -2.03. The third-order valence-electron chi connectivity index (χ3n) is 5.88. The van der Waals surface area contributed by atoms with Crippen LogP contribution in [0, 0.1) is 0 Å². The van der Waals surface area contributed by atoms with E-state index < -0.39 is 0 Å². The Balaban J connectivity index is 1.65. The molecule has 2 rings (SSSR count). The maximum atomic E-state index is 12.8. The van der Waals surface area contributed by atoms with Crippen molar-refractivity contribution in [1.82, 2.24) is 0 Å². The maximum Gasteiger partial charge on any atom is 0.193 e. The second-order valence-electron chi connectivity index (χ2n) is 8.76. The van der Waals surface area contributed by atoms with Gasteiger partial charge in [-0.25, -0.2) is 0 Å². The number of carbonyl (C=O) groups excluding carboxylic acids is 1. The first kappa shape index (κ1) is 27.9. The molecule has 0 amide bonds. The summed E-state index contributed by atoms with van der Waals surface area (Å²) in [4.78, 5) is 12.8. The van der Waals surface area contributed by atoms with Gasteiger partial charge >= 0.3 is 0 Å². The predicted molar refractivity (Wildman–Crippen MR) is 137 cm³/mol. The van der Waals surface area contributed by atoms with E-state index in [-0.39, 0.29) is 19.0 Å². The van der Waals surface area contributed by atoms with Crippen molar-refractivity contribution in [3.8, 4) is 11.5 Å². The van der Waals surface area contributed by atoms with E-state index in [1.807, 2.05) is 48.5 Å². The first-order valence-electron chi connectivity index (χ1n) is 13.0. The molecule has 34 heavy (non-hydrogen) atoms. The van der Waals surface area contributed by atoms with Crippen LogP contribution in [-0.2, 0) is 0 Å². The van der Waals surface area contributed by atoms with E-state index in [0.29, 0.717) is 24.3 Å². The van der Waals surface area contributed by atoms with E-state index in [4.69, 9.17) is 19.7 Å². The van der Waals surface area contributed by atoms with Crippen molar-refractivity contribution in [2.75, 3.05) is 26.4 Å². The van der Waals surface area contributed by atoms with Gasteiger partial charge < -0.3 is 19.7 Å². The SMILES string of the molecule is O=C(c1ccc(OCCCCCCCCO)cc1)c1ccc(OCCCCCCCCO)cc1. The third kappa shape index (κ3) is 11.7. The van der Waals surface area contributed by atoms with Gasteiger partial charge in [-0.1, -0.05) is 51.4 Å². The number of benzene rings is 2. The molecule has 0 aromatic heterocycles. The van der Waals surface area contributed by atoms with Crippen molar-refractivity contribution >= 4 is 5.78 Å². The molecule has 0 saturated carbocycles. The summed E-state index contributed by atoms with van der Waals surface area (Å²) in [6.45, 7) is 1.93. The number of ketones is 1. The molecule has 0 fully saturated rings. The van der Waals surface area contributed by atoms with Crippen LogP contribution in [0.25, 0.3) is 0 Å². The molecule has 0 unspecified atom stereocenters. The topological polar surface area (TPSA) is 76.0 Å². The molecule has 2 aromatic rings. The summed E-state index contributed by atoms with van der Waals surface area (Å²) >= 11 is 0. The number of ether oxygens (including phenoxy) is 2. The van der Waals surface area contributed by atoms with Crippen molar-refractivity contribution in [1.29, 1.82) is 0 Å². The normalized spacial score (nSPS) is 10.9. The Kier molecular flexibility index (Phi) is 14.8. The van der Waals surface area contributed by atoms with Crippen LogP contribution in [0.5, 0.6) is 11.5 Å². The zero-order valence-corrected chi connectivity index (χ0v) is 20.6. The molecule has 0 bridgehead atoms. The highest BCUT2D eigenvalue weighted by Crippen LogP contribution is 2.19. The first-order chi connectivity index (χ1) is 16.7. The van der Waals surface area contributed by atoms with E-state index in [2.05, 4.69) is 0 Å². The molecule has 2 N–H and O–H groups in total. The summed E-state index contributed by atoms with van der Waals surface area (Å²) in [6, 6.07) is 14.7. The van der Waals surface area contributed by atoms with Crippen LogP contribution >= 0.6 is 0 Å². The third-order valence-corrected chi connectivity index (χ3v) is 5.88. The zero-order chi connectivity index (χ0) is 24.3. The van der Waals surface area contributed by atoms with Gasteiger partial charge in [0.2, 0.25) is 0 Å². The summed E-state index contributed by atoms with van der Waals surface area (Å²) in [5.41, 5.74) is 1.29. The van der Waals surface area contributed by atoms with E-state index in [1.165, 1.54) is 12.8 Å². The molecule has 2 aromatic carbocycles. The average Bonchev–Trinajstić information content (AvgIpc) is 2.87. The smallest absolute Gasteiger partial charge is 0.193 e. The second kappa shape index (κ2) is 18.0. The van der Waals surface area contributed by atoms with Crippen LogP contribution in [-0.4, -0.2) is 42.4 Å². The number of carbonyl (C=O) groups is 1. The Morgan fingerprint density at radius 2 is 0.824 bits per heavy atom. The monoisotopic (exact) mass is 470 g/mol. The highest BCUT2D eigenvalue weighted by molar-refractivity contribution is 6.09. The summed E-state index contributed by atoms with van der Waals surface area (Å²) in [6.07, 6.45) is 12.9. The highest BCUT2D eigenvalue weighted by Gasteiger charge is 2.09. The number of hydrogen-bond acceptors (Lipinski definition) is 5. The Morgan fingerprint density at radius 3 is 1.18 bits per heavy atom. The first-order valence-corrected chi connectivity index (χ1v) is 13.0.